The normalized spacial score (nSPS) is 15.2. The van der Waals surface area contributed by atoms with E-state index in [2.05, 4.69) is 11.8 Å². The first-order valence-corrected chi connectivity index (χ1v) is 10.1. The summed E-state index contributed by atoms with van der Waals surface area (Å²) >= 11 is 12.7. The fourth-order valence-corrected chi connectivity index (χ4v) is 3.77. The quantitative estimate of drug-likeness (QED) is 0.650. The van der Waals surface area contributed by atoms with Crippen LogP contribution in [0.1, 0.15) is 12.5 Å². The van der Waals surface area contributed by atoms with Crippen LogP contribution in [0.25, 0.3) is 17.2 Å². The number of carbonyl (C=O) groups excluding carboxylic acids is 1. The molecule has 1 fully saturated rings. The van der Waals surface area contributed by atoms with Gasteiger partial charge in [0, 0.05) is 43.4 Å². The predicted octanol–water partition coefficient (Wildman–Crippen LogP) is 4.85. The van der Waals surface area contributed by atoms with Gasteiger partial charge in [-0.15, -0.1) is 0 Å². The third-order valence-electron chi connectivity index (χ3n) is 5.05. The number of halogens is 2. The molecule has 2 aromatic rings. The number of piperazine rings is 1. The van der Waals surface area contributed by atoms with Gasteiger partial charge in [0.2, 0.25) is 5.91 Å². The van der Waals surface area contributed by atoms with Crippen molar-refractivity contribution in [2.45, 2.75) is 6.92 Å². The van der Waals surface area contributed by atoms with Crippen molar-refractivity contribution in [3.63, 3.8) is 0 Å². The van der Waals surface area contributed by atoms with Crippen LogP contribution < -0.4 is 4.74 Å². The number of carbonyl (C=O) groups is 1. The lowest BCUT2D eigenvalue weighted by Gasteiger charge is -2.33. The number of nitrogens with zero attached hydrogens (tertiary/aromatic N) is 2. The molecule has 0 aliphatic carbocycles. The van der Waals surface area contributed by atoms with Crippen molar-refractivity contribution in [1.29, 1.82) is 0 Å². The third-order valence-corrected chi connectivity index (χ3v) is 5.87. The van der Waals surface area contributed by atoms with Gasteiger partial charge in [-0.1, -0.05) is 54.4 Å². The molecule has 148 valence electrons. The van der Waals surface area contributed by atoms with E-state index in [9.17, 15) is 4.79 Å². The van der Waals surface area contributed by atoms with Gasteiger partial charge >= 0.3 is 0 Å². The summed E-state index contributed by atoms with van der Waals surface area (Å²) in [4.78, 5) is 16.9. The average Bonchev–Trinajstić information content (AvgIpc) is 2.74. The van der Waals surface area contributed by atoms with Crippen LogP contribution >= 0.6 is 23.2 Å². The zero-order valence-electron chi connectivity index (χ0n) is 16.1. The second-order valence-electron chi connectivity index (χ2n) is 6.62. The van der Waals surface area contributed by atoms with Crippen molar-refractivity contribution >= 4 is 35.2 Å². The molecule has 1 aliphatic rings. The Labute approximate surface area is 176 Å². The monoisotopic (exact) mass is 418 g/mol. The molecule has 0 aromatic heterocycles. The Morgan fingerprint density at radius 3 is 2.46 bits per heavy atom. The molecule has 0 bridgehead atoms. The van der Waals surface area contributed by atoms with Crippen LogP contribution in [-0.2, 0) is 4.79 Å². The van der Waals surface area contributed by atoms with Crippen LogP contribution in [-0.4, -0.2) is 55.5 Å². The van der Waals surface area contributed by atoms with Gasteiger partial charge in [-0.3, -0.25) is 4.79 Å². The number of hydrogen-bond donors (Lipinski definition) is 0. The van der Waals surface area contributed by atoms with Crippen molar-refractivity contribution in [3.05, 3.63) is 58.1 Å². The zero-order chi connectivity index (χ0) is 20.1. The Morgan fingerprint density at radius 1 is 1.07 bits per heavy atom. The van der Waals surface area contributed by atoms with Crippen LogP contribution in [0.3, 0.4) is 0 Å². The average molecular weight is 419 g/mol. The van der Waals surface area contributed by atoms with Crippen LogP contribution in [0.5, 0.6) is 5.75 Å². The Kier molecular flexibility index (Phi) is 7.00. The van der Waals surface area contributed by atoms with Crippen molar-refractivity contribution in [3.8, 4) is 16.9 Å². The Morgan fingerprint density at radius 2 is 1.79 bits per heavy atom. The van der Waals surface area contributed by atoms with E-state index in [4.69, 9.17) is 27.9 Å². The summed E-state index contributed by atoms with van der Waals surface area (Å²) in [5.41, 5.74) is 2.47. The summed E-state index contributed by atoms with van der Waals surface area (Å²) in [6, 6.07) is 11.4. The maximum absolute atomic E-state index is 12.7. The van der Waals surface area contributed by atoms with Crippen LogP contribution in [0.15, 0.2) is 42.5 Å². The first-order chi connectivity index (χ1) is 13.5. The van der Waals surface area contributed by atoms with E-state index in [1.54, 1.807) is 25.3 Å². The molecule has 0 atom stereocenters. The van der Waals surface area contributed by atoms with Gasteiger partial charge in [-0.05, 0) is 30.3 Å². The molecule has 3 rings (SSSR count). The zero-order valence-corrected chi connectivity index (χ0v) is 17.6. The van der Waals surface area contributed by atoms with Gasteiger partial charge in [0.15, 0.2) is 0 Å². The van der Waals surface area contributed by atoms with Crippen molar-refractivity contribution < 1.29 is 9.53 Å². The van der Waals surface area contributed by atoms with Gasteiger partial charge in [-0.2, -0.15) is 0 Å². The van der Waals surface area contributed by atoms with E-state index in [0.717, 1.165) is 49.6 Å². The lowest BCUT2D eigenvalue weighted by molar-refractivity contribution is -0.127. The van der Waals surface area contributed by atoms with Crippen LogP contribution in [0, 0.1) is 0 Å². The molecule has 0 N–H and O–H groups in total. The van der Waals surface area contributed by atoms with E-state index in [1.807, 2.05) is 35.2 Å². The second-order valence-corrected chi connectivity index (χ2v) is 7.40. The fourth-order valence-electron chi connectivity index (χ4n) is 3.38. The molecule has 4 nitrogen and oxygen atoms in total. The summed E-state index contributed by atoms with van der Waals surface area (Å²) in [7, 11) is 1.63. The minimum absolute atomic E-state index is 0.0160. The molecule has 0 radical (unpaired) electrons. The number of rotatable bonds is 5. The standard InChI is InChI=1S/C22H24Cl2N2O2/c1-3-25-12-14-26(15-13-25)21(27)11-9-18-16(8-10-19(23)22(18)24)17-6-4-5-7-20(17)28-2/h4-11H,3,12-15H2,1-2H3/b11-9+. The SMILES string of the molecule is CCN1CCN(C(=O)/C=C/c2c(-c3ccccc3OC)ccc(Cl)c2Cl)CC1. The van der Waals surface area contributed by atoms with E-state index in [-0.39, 0.29) is 5.91 Å². The molecule has 0 saturated carbocycles. The first kappa shape index (κ1) is 20.7. The molecular weight excluding hydrogens is 395 g/mol. The molecule has 1 saturated heterocycles. The van der Waals surface area contributed by atoms with Gasteiger partial charge in [0.25, 0.3) is 0 Å². The Hall–Kier alpha value is -2.01. The fraction of sp³-hybridized carbons (Fsp3) is 0.318. The number of hydrogen-bond acceptors (Lipinski definition) is 3. The van der Waals surface area contributed by atoms with E-state index in [0.29, 0.717) is 15.6 Å². The Balaban J connectivity index is 1.90. The highest BCUT2D eigenvalue weighted by Gasteiger charge is 2.19. The van der Waals surface area contributed by atoms with Gasteiger partial charge in [-0.25, -0.2) is 0 Å². The summed E-state index contributed by atoms with van der Waals surface area (Å²) in [5.74, 6) is 0.718. The minimum atomic E-state index is -0.0160. The predicted molar refractivity (Wildman–Crippen MR) is 116 cm³/mol. The Bertz CT molecular complexity index is 875. The molecule has 0 unspecified atom stereocenters. The van der Waals surface area contributed by atoms with E-state index < -0.39 is 0 Å². The molecule has 1 amide bonds. The van der Waals surface area contributed by atoms with Crippen molar-refractivity contribution in [1.82, 2.24) is 9.80 Å². The van der Waals surface area contributed by atoms with Crippen LogP contribution in [0.4, 0.5) is 0 Å². The van der Waals surface area contributed by atoms with Gasteiger partial charge < -0.3 is 14.5 Å². The summed E-state index contributed by atoms with van der Waals surface area (Å²) in [6.45, 7) is 6.43. The lowest BCUT2D eigenvalue weighted by Crippen LogP contribution is -2.48. The lowest BCUT2D eigenvalue weighted by atomic mass is 9.98. The molecular formula is C22H24Cl2N2O2. The maximum Gasteiger partial charge on any atom is 0.246 e. The number of methoxy groups -OCH3 is 1. The molecule has 1 aliphatic heterocycles. The highest BCUT2D eigenvalue weighted by molar-refractivity contribution is 6.43. The van der Waals surface area contributed by atoms with Crippen LogP contribution in [0.2, 0.25) is 10.0 Å². The largest absolute Gasteiger partial charge is 0.496 e. The summed E-state index contributed by atoms with van der Waals surface area (Å²) < 4.78 is 5.49. The second kappa shape index (κ2) is 9.46. The topological polar surface area (TPSA) is 32.8 Å². The third kappa shape index (κ3) is 4.52. The highest BCUT2D eigenvalue weighted by Crippen LogP contribution is 2.38. The molecule has 6 heteroatoms. The molecule has 2 aromatic carbocycles. The van der Waals surface area contributed by atoms with E-state index in [1.165, 1.54) is 0 Å². The number of benzene rings is 2. The molecule has 28 heavy (non-hydrogen) atoms. The smallest absolute Gasteiger partial charge is 0.246 e. The van der Waals surface area contributed by atoms with E-state index >= 15 is 0 Å². The minimum Gasteiger partial charge on any atom is -0.496 e. The van der Waals surface area contributed by atoms with Crippen molar-refractivity contribution in [2.75, 3.05) is 39.8 Å². The van der Waals surface area contributed by atoms with Crippen molar-refractivity contribution in [2.24, 2.45) is 0 Å². The number of ether oxygens (including phenoxy) is 1. The number of likely N-dealkylation sites (N-methyl/N-ethyl adjacent to an activating group) is 1. The molecule has 1 heterocycles. The van der Waals surface area contributed by atoms with Gasteiger partial charge in [0.05, 0.1) is 17.2 Å². The van der Waals surface area contributed by atoms with Gasteiger partial charge in [0.1, 0.15) is 5.75 Å². The summed E-state index contributed by atoms with van der Waals surface area (Å²) in [5, 5.41) is 0.869. The molecule has 0 spiro atoms. The highest BCUT2D eigenvalue weighted by atomic mass is 35.5. The first-order valence-electron chi connectivity index (χ1n) is 9.36. The number of amides is 1. The number of para-hydroxylation sites is 1. The summed E-state index contributed by atoms with van der Waals surface area (Å²) in [6.07, 6.45) is 3.34. The maximum atomic E-state index is 12.7.